The van der Waals surface area contributed by atoms with Gasteiger partial charge in [0, 0.05) is 12.8 Å². The molecule has 13 heavy (non-hydrogen) atoms. The number of rotatable bonds is 1. The number of ketones is 1. The number of carbonyl (C=O) groups is 1. The van der Waals surface area contributed by atoms with Crippen LogP contribution in [0, 0.1) is 0 Å². The SMILES string of the molecule is O=C1CCC[C@H](c2ccccc2)C1. The monoisotopic (exact) mass is 174 g/mol. The van der Waals surface area contributed by atoms with Crippen LogP contribution in [0.2, 0.25) is 0 Å². The molecule has 1 saturated carbocycles. The average molecular weight is 174 g/mol. The van der Waals surface area contributed by atoms with Gasteiger partial charge < -0.3 is 0 Å². The van der Waals surface area contributed by atoms with Crippen molar-refractivity contribution in [3.63, 3.8) is 0 Å². The van der Waals surface area contributed by atoms with Crippen LogP contribution < -0.4 is 0 Å². The molecule has 0 aromatic heterocycles. The summed E-state index contributed by atoms with van der Waals surface area (Å²) in [5.74, 6) is 0.919. The minimum Gasteiger partial charge on any atom is -0.300 e. The summed E-state index contributed by atoms with van der Waals surface area (Å²) < 4.78 is 0. The Morgan fingerprint density at radius 3 is 2.62 bits per heavy atom. The number of hydrogen-bond acceptors (Lipinski definition) is 1. The number of hydrogen-bond donors (Lipinski definition) is 0. The summed E-state index contributed by atoms with van der Waals surface area (Å²) in [5, 5.41) is 0. The first kappa shape index (κ1) is 8.49. The number of Topliss-reactive ketones (excluding diaryl/α,β-unsaturated/α-hetero) is 1. The molecule has 1 heteroatoms. The van der Waals surface area contributed by atoms with Gasteiger partial charge in [0.15, 0.2) is 0 Å². The third-order valence-electron chi connectivity index (χ3n) is 2.75. The van der Waals surface area contributed by atoms with E-state index in [0.717, 1.165) is 19.3 Å². The zero-order valence-corrected chi connectivity index (χ0v) is 7.70. The summed E-state index contributed by atoms with van der Waals surface area (Å²) in [6, 6.07) is 10.4. The molecule has 2 rings (SSSR count). The van der Waals surface area contributed by atoms with E-state index < -0.39 is 0 Å². The van der Waals surface area contributed by atoms with Crippen molar-refractivity contribution in [2.75, 3.05) is 0 Å². The van der Waals surface area contributed by atoms with Crippen molar-refractivity contribution in [2.24, 2.45) is 0 Å². The van der Waals surface area contributed by atoms with Gasteiger partial charge in [0.25, 0.3) is 0 Å². The lowest BCUT2D eigenvalue weighted by atomic mass is 9.83. The van der Waals surface area contributed by atoms with Gasteiger partial charge in [0.2, 0.25) is 0 Å². The second-order valence-corrected chi connectivity index (χ2v) is 3.74. The van der Waals surface area contributed by atoms with Crippen molar-refractivity contribution in [2.45, 2.75) is 31.6 Å². The molecule has 1 atom stereocenters. The predicted molar refractivity (Wildman–Crippen MR) is 52.7 cm³/mol. The van der Waals surface area contributed by atoms with Crippen LogP contribution in [-0.4, -0.2) is 5.78 Å². The highest BCUT2D eigenvalue weighted by molar-refractivity contribution is 5.80. The Balaban J connectivity index is 2.13. The molecule has 0 heterocycles. The first-order valence-electron chi connectivity index (χ1n) is 4.93. The molecule has 1 aliphatic rings. The molecule has 0 aliphatic heterocycles. The fraction of sp³-hybridized carbons (Fsp3) is 0.417. The first-order valence-corrected chi connectivity index (χ1v) is 4.93. The minimum atomic E-state index is 0.431. The van der Waals surface area contributed by atoms with E-state index in [0.29, 0.717) is 11.7 Å². The lowest BCUT2D eigenvalue weighted by Crippen LogP contribution is -2.13. The molecule has 0 N–H and O–H groups in total. The Bertz CT molecular complexity index is 289. The second-order valence-electron chi connectivity index (χ2n) is 3.74. The molecule has 0 spiro atoms. The van der Waals surface area contributed by atoms with Crippen molar-refractivity contribution in [1.29, 1.82) is 0 Å². The van der Waals surface area contributed by atoms with Crippen LogP contribution in [0.25, 0.3) is 0 Å². The predicted octanol–water partition coefficient (Wildman–Crippen LogP) is 2.91. The third kappa shape index (κ3) is 1.97. The summed E-state index contributed by atoms with van der Waals surface area (Å²) in [6.45, 7) is 0. The molecule has 68 valence electrons. The quantitative estimate of drug-likeness (QED) is 0.639. The van der Waals surface area contributed by atoms with E-state index in [2.05, 4.69) is 24.3 Å². The van der Waals surface area contributed by atoms with Crippen molar-refractivity contribution in [3.05, 3.63) is 35.9 Å². The van der Waals surface area contributed by atoms with Crippen molar-refractivity contribution < 1.29 is 4.79 Å². The smallest absolute Gasteiger partial charge is 0.133 e. The Labute approximate surface area is 78.8 Å². The lowest BCUT2D eigenvalue weighted by molar-refractivity contribution is -0.120. The van der Waals surface area contributed by atoms with Crippen molar-refractivity contribution >= 4 is 5.78 Å². The van der Waals surface area contributed by atoms with Crippen LogP contribution in [0.5, 0.6) is 0 Å². The third-order valence-corrected chi connectivity index (χ3v) is 2.75. The maximum absolute atomic E-state index is 11.2. The molecule has 0 unspecified atom stereocenters. The summed E-state index contributed by atoms with van der Waals surface area (Å²) in [6.07, 6.45) is 3.79. The molecule has 1 fully saturated rings. The maximum atomic E-state index is 11.2. The van der Waals surface area contributed by atoms with Crippen LogP contribution >= 0.6 is 0 Å². The number of carbonyl (C=O) groups excluding carboxylic acids is 1. The van der Waals surface area contributed by atoms with E-state index >= 15 is 0 Å². The molecule has 0 saturated heterocycles. The lowest BCUT2D eigenvalue weighted by Gasteiger charge is -2.20. The Morgan fingerprint density at radius 1 is 1.15 bits per heavy atom. The zero-order chi connectivity index (χ0) is 9.10. The van der Waals surface area contributed by atoms with E-state index in [4.69, 9.17) is 0 Å². The van der Waals surface area contributed by atoms with Gasteiger partial charge in [-0.2, -0.15) is 0 Å². The van der Waals surface area contributed by atoms with E-state index in [1.165, 1.54) is 12.0 Å². The van der Waals surface area contributed by atoms with Gasteiger partial charge >= 0.3 is 0 Å². The van der Waals surface area contributed by atoms with Crippen LogP contribution in [0.3, 0.4) is 0 Å². The molecule has 1 aromatic rings. The summed E-state index contributed by atoms with van der Waals surface area (Å²) in [4.78, 5) is 11.2. The summed E-state index contributed by atoms with van der Waals surface area (Å²) >= 11 is 0. The van der Waals surface area contributed by atoms with Crippen molar-refractivity contribution in [1.82, 2.24) is 0 Å². The van der Waals surface area contributed by atoms with Crippen molar-refractivity contribution in [3.8, 4) is 0 Å². The van der Waals surface area contributed by atoms with E-state index in [1.807, 2.05) is 6.07 Å². The van der Waals surface area contributed by atoms with Gasteiger partial charge in [0.1, 0.15) is 5.78 Å². The van der Waals surface area contributed by atoms with Gasteiger partial charge in [-0.15, -0.1) is 0 Å². The van der Waals surface area contributed by atoms with Gasteiger partial charge in [-0.1, -0.05) is 30.3 Å². The van der Waals surface area contributed by atoms with Gasteiger partial charge in [-0.3, -0.25) is 4.79 Å². The van der Waals surface area contributed by atoms with Crippen LogP contribution in [0.4, 0.5) is 0 Å². The van der Waals surface area contributed by atoms with E-state index in [1.54, 1.807) is 0 Å². The van der Waals surface area contributed by atoms with Gasteiger partial charge in [-0.05, 0) is 24.3 Å². The highest BCUT2D eigenvalue weighted by Gasteiger charge is 2.20. The zero-order valence-electron chi connectivity index (χ0n) is 7.70. The molecule has 0 radical (unpaired) electrons. The maximum Gasteiger partial charge on any atom is 0.133 e. The molecular weight excluding hydrogens is 160 g/mol. The summed E-state index contributed by atoms with van der Waals surface area (Å²) in [7, 11) is 0. The molecular formula is C12H14O. The largest absolute Gasteiger partial charge is 0.300 e. The highest BCUT2D eigenvalue weighted by Crippen LogP contribution is 2.30. The Kier molecular flexibility index (Phi) is 2.44. The van der Waals surface area contributed by atoms with E-state index in [-0.39, 0.29) is 0 Å². The highest BCUT2D eigenvalue weighted by atomic mass is 16.1. The molecule has 1 aliphatic carbocycles. The Morgan fingerprint density at radius 2 is 1.92 bits per heavy atom. The molecule has 0 amide bonds. The standard InChI is InChI=1S/C12H14O/c13-12-8-4-7-11(9-12)10-5-2-1-3-6-10/h1-3,5-6,11H,4,7-9H2/t11-/m0/s1. The van der Waals surface area contributed by atoms with Gasteiger partial charge in [0.05, 0.1) is 0 Å². The average Bonchev–Trinajstić information content (AvgIpc) is 2.19. The van der Waals surface area contributed by atoms with Gasteiger partial charge in [-0.25, -0.2) is 0 Å². The summed E-state index contributed by atoms with van der Waals surface area (Å²) in [5.41, 5.74) is 1.33. The topological polar surface area (TPSA) is 17.1 Å². The van der Waals surface area contributed by atoms with E-state index in [9.17, 15) is 4.79 Å². The molecule has 1 aromatic carbocycles. The molecule has 1 nitrogen and oxygen atoms in total. The van der Waals surface area contributed by atoms with Crippen LogP contribution in [0.15, 0.2) is 30.3 Å². The fourth-order valence-corrected chi connectivity index (χ4v) is 2.03. The fourth-order valence-electron chi connectivity index (χ4n) is 2.03. The molecule has 0 bridgehead atoms. The second kappa shape index (κ2) is 3.73. The van der Waals surface area contributed by atoms with Crippen LogP contribution in [-0.2, 0) is 4.79 Å². The minimum absolute atomic E-state index is 0.431. The number of benzene rings is 1. The Hall–Kier alpha value is -1.11. The van der Waals surface area contributed by atoms with Crippen LogP contribution in [0.1, 0.15) is 37.2 Å². The first-order chi connectivity index (χ1) is 6.36. The normalized spacial score (nSPS) is 23.1.